The molecule has 1 saturated heterocycles. The zero-order valence-electron chi connectivity index (χ0n) is 10.9. The van der Waals surface area contributed by atoms with Crippen molar-refractivity contribution in [2.45, 2.75) is 25.5 Å². The molecule has 0 saturated carbocycles. The number of ether oxygens (including phenoxy) is 1. The van der Waals surface area contributed by atoms with Crippen molar-refractivity contribution in [2.24, 2.45) is 0 Å². The number of rotatable bonds is 4. The van der Waals surface area contributed by atoms with Crippen molar-refractivity contribution >= 4 is 17.7 Å². The number of aldehydes is 1. The van der Waals surface area contributed by atoms with E-state index in [1.165, 1.54) is 6.07 Å². The maximum atomic E-state index is 10.9. The molecule has 19 heavy (non-hydrogen) atoms. The van der Waals surface area contributed by atoms with E-state index < -0.39 is 4.92 Å². The molecule has 0 amide bonds. The summed E-state index contributed by atoms with van der Waals surface area (Å²) in [7, 11) is 1.91. The number of anilines is 1. The Bertz CT molecular complexity index is 503. The standard InChI is InChI=1S/C13H16N2O4/c1-9-12(5-6-19-9)14(2)11-3-4-13(15(17)18)10(7-11)8-16/h3-4,7-9,12H,5-6H2,1-2H3. The Morgan fingerprint density at radius 3 is 2.79 bits per heavy atom. The molecule has 6 heteroatoms. The smallest absolute Gasteiger partial charge is 0.280 e. The lowest BCUT2D eigenvalue weighted by Gasteiger charge is -2.28. The van der Waals surface area contributed by atoms with Gasteiger partial charge < -0.3 is 9.64 Å². The van der Waals surface area contributed by atoms with Crippen molar-refractivity contribution in [3.8, 4) is 0 Å². The van der Waals surface area contributed by atoms with Gasteiger partial charge in [0.15, 0.2) is 6.29 Å². The molecule has 0 N–H and O–H groups in total. The van der Waals surface area contributed by atoms with Gasteiger partial charge in [0, 0.05) is 25.4 Å². The van der Waals surface area contributed by atoms with E-state index in [-0.39, 0.29) is 23.4 Å². The Morgan fingerprint density at radius 2 is 2.26 bits per heavy atom. The van der Waals surface area contributed by atoms with Crippen LogP contribution in [0.25, 0.3) is 0 Å². The van der Waals surface area contributed by atoms with Crippen LogP contribution >= 0.6 is 0 Å². The molecule has 1 aromatic carbocycles. The number of nitro groups is 1. The van der Waals surface area contributed by atoms with Crippen LogP contribution in [0.5, 0.6) is 0 Å². The summed E-state index contributed by atoms with van der Waals surface area (Å²) < 4.78 is 5.51. The quantitative estimate of drug-likeness (QED) is 0.472. The second-order valence-electron chi connectivity index (χ2n) is 4.66. The van der Waals surface area contributed by atoms with Gasteiger partial charge in [-0.05, 0) is 25.5 Å². The van der Waals surface area contributed by atoms with Crippen molar-refractivity contribution in [3.05, 3.63) is 33.9 Å². The molecule has 102 valence electrons. The van der Waals surface area contributed by atoms with Crippen LogP contribution in [0.3, 0.4) is 0 Å². The number of hydrogen-bond donors (Lipinski definition) is 0. The fourth-order valence-electron chi connectivity index (χ4n) is 2.44. The Morgan fingerprint density at radius 1 is 1.53 bits per heavy atom. The highest BCUT2D eigenvalue weighted by molar-refractivity contribution is 5.83. The predicted molar refractivity (Wildman–Crippen MR) is 70.7 cm³/mol. The Kier molecular flexibility index (Phi) is 3.80. The molecule has 1 heterocycles. The zero-order valence-corrected chi connectivity index (χ0v) is 10.9. The first-order valence-electron chi connectivity index (χ1n) is 6.12. The molecule has 2 atom stereocenters. The van der Waals surface area contributed by atoms with Crippen LogP contribution in [-0.2, 0) is 4.74 Å². The molecule has 0 bridgehead atoms. The van der Waals surface area contributed by atoms with Gasteiger partial charge in [-0.1, -0.05) is 0 Å². The van der Waals surface area contributed by atoms with E-state index in [2.05, 4.69) is 0 Å². The molecule has 2 rings (SSSR count). The van der Waals surface area contributed by atoms with Gasteiger partial charge in [-0.25, -0.2) is 0 Å². The third-order valence-electron chi connectivity index (χ3n) is 3.58. The van der Waals surface area contributed by atoms with E-state index >= 15 is 0 Å². The van der Waals surface area contributed by atoms with E-state index in [9.17, 15) is 14.9 Å². The second kappa shape index (κ2) is 5.36. The second-order valence-corrected chi connectivity index (χ2v) is 4.66. The van der Waals surface area contributed by atoms with Crippen molar-refractivity contribution in [1.82, 2.24) is 0 Å². The van der Waals surface area contributed by atoms with Crippen LogP contribution in [0.1, 0.15) is 23.7 Å². The lowest BCUT2D eigenvalue weighted by Crippen LogP contribution is -2.36. The Balaban J connectivity index is 2.30. The Labute approximate surface area is 111 Å². The van der Waals surface area contributed by atoms with E-state index in [4.69, 9.17) is 4.74 Å². The van der Waals surface area contributed by atoms with Crippen LogP contribution < -0.4 is 4.90 Å². The van der Waals surface area contributed by atoms with Gasteiger partial charge in [-0.15, -0.1) is 0 Å². The first kappa shape index (κ1) is 13.5. The predicted octanol–water partition coefficient (Wildman–Crippen LogP) is 2.02. The number of nitrogens with zero attached hydrogens (tertiary/aromatic N) is 2. The number of likely N-dealkylation sites (N-methyl/N-ethyl adjacent to an activating group) is 1. The van der Waals surface area contributed by atoms with Gasteiger partial charge in [0.1, 0.15) is 0 Å². The molecule has 1 aliphatic rings. The van der Waals surface area contributed by atoms with Gasteiger partial charge in [0.25, 0.3) is 5.69 Å². The third-order valence-corrected chi connectivity index (χ3v) is 3.58. The fourth-order valence-corrected chi connectivity index (χ4v) is 2.44. The lowest BCUT2D eigenvalue weighted by molar-refractivity contribution is -0.385. The molecule has 1 aromatic rings. The van der Waals surface area contributed by atoms with Crippen LogP contribution in [0.2, 0.25) is 0 Å². The average Bonchev–Trinajstić information content (AvgIpc) is 2.83. The molecule has 0 aliphatic carbocycles. The number of hydrogen-bond acceptors (Lipinski definition) is 5. The topological polar surface area (TPSA) is 72.7 Å². The van der Waals surface area contributed by atoms with Crippen molar-refractivity contribution < 1.29 is 14.5 Å². The third kappa shape index (κ3) is 2.58. The SMILES string of the molecule is CC1OCCC1N(C)c1ccc([N+](=O)[O-])c(C=O)c1. The highest BCUT2D eigenvalue weighted by Gasteiger charge is 2.28. The molecule has 1 fully saturated rings. The van der Waals surface area contributed by atoms with E-state index in [0.717, 1.165) is 12.1 Å². The van der Waals surface area contributed by atoms with Crippen molar-refractivity contribution in [3.63, 3.8) is 0 Å². The van der Waals surface area contributed by atoms with E-state index in [0.29, 0.717) is 12.9 Å². The number of carbonyl (C=O) groups excluding carboxylic acids is 1. The molecule has 1 aliphatic heterocycles. The van der Waals surface area contributed by atoms with Crippen LogP contribution in [-0.4, -0.2) is 37.0 Å². The number of nitro benzene ring substituents is 1. The first-order chi connectivity index (χ1) is 9.04. The molecule has 0 aromatic heterocycles. The van der Waals surface area contributed by atoms with Gasteiger partial charge in [0.05, 0.1) is 22.6 Å². The van der Waals surface area contributed by atoms with Crippen LogP contribution in [0.4, 0.5) is 11.4 Å². The monoisotopic (exact) mass is 264 g/mol. The lowest BCUT2D eigenvalue weighted by atomic mass is 10.1. The van der Waals surface area contributed by atoms with E-state index in [1.54, 1.807) is 12.1 Å². The minimum atomic E-state index is -0.547. The Hall–Kier alpha value is -1.95. The summed E-state index contributed by atoms with van der Waals surface area (Å²) in [4.78, 5) is 23.2. The molecule has 0 spiro atoms. The van der Waals surface area contributed by atoms with Gasteiger partial charge in [-0.3, -0.25) is 14.9 Å². The largest absolute Gasteiger partial charge is 0.376 e. The molecular weight excluding hydrogens is 248 g/mol. The summed E-state index contributed by atoms with van der Waals surface area (Å²) in [5, 5.41) is 10.8. The summed E-state index contributed by atoms with van der Waals surface area (Å²) in [6.45, 7) is 2.71. The van der Waals surface area contributed by atoms with Crippen LogP contribution in [0.15, 0.2) is 18.2 Å². The minimum Gasteiger partial charge on any atom is -0.376 e. The van der Waals surface area contributed by atoms with Crippen molar-refractivity contribution in [1.29, 1.82) is 0 Å². The molecule has 2 unspecified atom stereocenters. The minimum absolute atomic E-state index is 0.0981. The van der Waals surface area contributed by atoms with Gasteiger partial charge in [-0.2, -0.15) is 0 Å². The molecule has 6 nitrogen and oxygen atoms in total. The number of carbonyl (C=O) groups is 1. The summed E-state index contributed by atoms with van der Waals surface area (Å²) in [6, 6.07) is 4.81. The normalized spacial score (nSPS) is 22.2. The fraction of sp³-hybridized carbons (Fsp3) is 0.462. The first-order valence-corrected chi connectivity index (χ1v) is 6.12. The summed E-state index contributed by atoms with van der Waals surface area (Å²) in [5.74, 6) is 0. The maximum Gasteiger partial charge on any atom is 0.280 e. The van der Waals surface area contributed by atoms with Gasteiger partial charge in [0.2, 0.25) is 0 Å². The highest BCUT2D eigenvalue weighted by atomic mass is 16.6. The summed E-state index contributed by atoms with van der Waals surface area (Å²) >= 11 is 0. The molecule has 0 radical (unpaired) electrons. The molecular formula is C13H16N2O4. The summed E-state index contributed by atoms with van der Waals surface area (Å²) in [6.07, 6.45) is 1.54. The zero-order chi connectivity index (χ0) is 14.0. The highest BCUT2D eigenvalue weighted by Crippen LogP contribution is 2.28. The van der Waals surface area contributed by atoms with Gasteiger partial charge >= 0.3 is 0 Å². The van der Waals surface area contributed by atoms with Crippen molar-refractivity contribution in [2.75, 3.05) is 18.6 Å². The number of benzene rings is 1. The summed E-state index contributed by atoms with van der Waals surface area (Å²) in [5.41, 5.74) is 0.721. The van der Waals surface area contributed by atoms with E-state index in [1.807, 2.05) is 18.9 Å². The maximum absolute atomic E-state index is 10.9. The van der Waals surface area contributed by atoms with Crippen LogP contribution in [0, 0.1) is 10.1 Å². The average molecular weight is 264 g/mol.